The molecule has 1 aromatic heterocycles. The molecule has 3 aromatic rings. The lowest BCUT2D eigenvalue weighted by molar-refractivity contribution is 0.416. The summed E-state index contributed by atoms with van der Waals surface area (Å²) >= 11 is 0. The van der Waals surface area contributed by atoms with Gasteiger partial charge in [-0.15, -0.1) is 0 Å². The summed E-state index contributed by atoms with van der Waals surface area (Å²) in [5, 5.41) is 3.40. The van der Waals surface area contributed by atoms with Crippen LogP contribution in [0.15, 0.2) is 72.9 Å². The number of benzene rings is 2. The smallest absolute Gasteiger partial charge is 0.141 e. The molecule has 0 aliphatic heterocycles. The Balaban J connectivity index is 1.85. The van der Waals surface area contributed by atoms with Gasteiger partial charge in [-0.3, -0.25) is 4.98 Å². The number of methoxy groups -OCH3 is 1. The lowest BCUT2D eigenvalue weighted by atomic mass is 10.0. The molecular formula is C19H18N2O. The van der Waals surface area contributed by atoms with Crippen molar-refractivity contribution in [3.05, 3.63) is 78.6 Å². The molecule has 0 amide bonds. The molecule has 0 aliphatic rings. The van der Waals surface area contributed by atoms with E-state index in [2.05, 4.69) is 34.6 Å². The fourth-order valence-corrected chi connectivity index (χ4v) is 2.34. The highest BCUT2D eigenvalue weighted by molar-refractivity contribution is 5.71. The maximum Gasteiger partial charge on any atom is 0.141 e. The number of anilines is 1. The van der Waals surface area contributed by atoms with Gasteiger partial charge < -0.3 is 10.1 Å². The fourth-order valence-electron chi connectivity index (χ4n) is 2.34. The largest absolute Gasteiger partial charge is 0.495 e. The molecule has 1 heterocycles. The van der Waals surface area contributed by atoms with E-state index < -0.39 is 0 Å². The van der Waals surface area contributed by atoms with E-state index in [9.17, 15) is 0 Å². The molecule has 0 radical (unpaired) electrons. The van der Waals surface area contributed by atoms with Crippen LogP contribution in [0, 0.1) is 0 Å². The normalized spacial score (nSPS) is 10.2. The molecule has 0 spiro atoms. The Morgan fingerprint density at radius 1 is 0.909 bits per heavy atom. The number of ether oxygens (including phenoxy) is 1. The van der Waals surface area contributed by atoms with Crippen molar-refractivity contribution < 1.29 is 4.74 Å². The number of hydrogen-bond donors (Lipinski definition) is 1. The lowest BCUT2D eigenvalue weighted by Gasteiger charge is -2.13. The molecule has 0 saturated heterocycles. The van der Waals surface area contributed by atoms with Gasteiger partial charge in [0.2, 0.25) is 0 Å². The van der Waals surface area contributed by atoms with Crippen LogP contribution in [-0.2, 0) is 6.54 Å². The van der Waals surface area contributed by atoms with Gasteiger partial charge >= 0.3 is 0 Å². The first kappa shape index (κ1) is 14.1. The van der Waals surface area contributed by atoms with Crippen molar-refractivity contribution in [2.24, 2.45) is 0 Å². The van der Waals surface area contributed by atoms with Crippen LogP contribution in [0.2, 0.25) is 0 Å². The van der Waals surface area contributed by atoms with E-state index >= 15 is 0 Å². The van der Waals surface area contributed by atoms with E-state index in [1.54, 1.807) is 13.3 Å². The molecule has 2 aromatic carbocycles. The highest BCUT2D eigenvalue weighted by Crippen LogP contribution is 2.30. The lowest BCUT2D eigenvalue weighted by Crippen LogP contribution is -2.03. The Hall–Kier alpha value is -2.81. The molecule has 0 aliphatic carbocycles. The van der Waals surface area contributed by atoms with Crippen LogP contribution in [0.5, 0.6) is 5.75 Å². The van der Waals surface area contributed by atoms with Gasteiger partial charge in [0.25, 0.3) is 0 Å². The maximum atomic E-state index is 5.44. The second-order valence-corrected chi connectivity index (χ2v) is 4.96. The first-order valence-corrected chi connectivity index (χ1v) is 7.24. The SMILES string of the molecule is COc1ccc(-c2ccccc2)cc1NCc1ccccn1. The number of aromatic nitrogens is 1. The second-order valence-electron chi connectivity index (χ2n) is 4.96. The number of nitrogens with zero attached hydrogens (tertiary/aromatic N) is 1. The second kappa shape index (κ2) is 6.76. The van der Waals surface area contributed by atoms with Crippen LogP contribution in [0.25, 0.3) is 11.1 Å². The van der Waals surface area contributed by atoms with Crippen LogP contribution >= 0.6 is 0 Å². The molecule has 0 saturated carbocycles. The Morgan fingerprint density at radius 3 is 2.45 bits per heavy atom. The van der Waals surface area contributed by atoms with Gasteiger partial charge in [0.1, 0.15) is 5.75 Å². The van der Waals surface area contributed by atoms with Crippen LogP contribution in [0.1, 0.15) is 5.69 Å². The van der Waals surface area contributed by atoms with Gasteiger partial charge in [-0.2, -0.15) is 0 Å². The minimum atomic E-state index is 0.662. The average molecular weight is 290 g/mol. The summed E-state index contributed by atoms with van der Waals surface area (Å²) < 4.78 is 5.44. The Kier molecular flexibility index (Phi) is 4.35. The number of rotatable bonds is 5. The van der Waals surface area contributed by atoms with E-state index in [-0.39, 0.29) is 0 Å². The molecule has 0 bridgehead atoms. The minimum absolute atomic E-state index is 0.662. The average Bonchev–Trinajstić information content (AvgIpc) is 2.61. The van der Waals surface area contributed by atoms with Crippen molar-refractivity contribution >= 4 is 5.69 Å². The Labute approximate surface area is 130 Å². The van der Waals surface area contributed by atoms with Crippen molar-refractivity contribution in [2.75, 3.05) is 12.4 Å². The van der Waals surface area contributed by atoms with Crippen LogP contribution < -0.4 is 10.1 Å². The fraction of sp³-hybridized carbons (Fsp3) is 0.105. The summed E-state index contributed by atoms with van der Waals surface area (Å²) in [6, 6.07) is 22.4. The highest BCUT2D eigenvalue weighted by Gasteiger charge is 2.06. The summed E-state index contributed by atoms with van der Waals surface area (Å²) in [5.41, 5.74) is 4.31. The standard InChI is InChI=1S/C19H18N2O/c1-22-19-11-10-16(15-7-3-2-4-8-15)13-18(19)21-14-17-9-5-6-12-20-17/h2-13,21H,14H2,1H3. The molecule has 0 unspecified atom stereocenters. The molecule has 22 heavy (non-hydrogen) atoms. The van der Waals surface area contributed by atoms with E-state index in [1.165, 1.54) is 5.56 Å². The molecule has 3 heteroatoms. The van der Waals surface area contributed by atoms with Gasteiger partial charge in [0.15, 0.2) is 0 Å². The topological polar surface area (TPSA) is 34.1 Å². The minimum Gasteiger partial charge on any atom is -0.495 e. The third-order valence-electron chi connectivity index (χ3n) is 3.49. The molecule has 0 fully saturated rings. The molecule has 3 nitrogen and oxygen atoms in total. The zero-order valence-electron chi connectivity index (χ0n) is 12.5. The quantitative estimate of drug-likeness (QED) is 0.757. The van der Waals surface area contributed by atoms with Gasteiger partial charge in [0, 0.05) is 6.20 Å². The zero-order valence-corrected chi connectivity index (χ0v) is 12.5. The van der Waals surface area contributed by atoms with Gasteiger partial charge in [-0.1, -0.05) is 42.5 Å². The predicted molar refractivity (Wildman–Crippen MR) is 90.0 cm³/mol. The van der Waals surface area contributed by atoms with Gasteiger partial charge in [0.05, 0.1) is 25.0 Å². The number of hydrogen-bond acceptors (Lipinski definition) is 3. The Morgan fingerprint density at radius 2 is 1.73 bits per heavy atom. The summed E-state index contributed by atoms with van der Waals surface area (Å²) in [7, 11) is 1.68. The summed E-state index contributed by atoms with van der Waals surface area (Å²) in [5.74, 6) is 0.829. The van der Waals surface area contributed by atoms with Crippen molar-refractivity contribution in [1.29, 1.82) is 0 Å². The number of pyridine rings is 1. The third kappa shape index (κ3) is 3.26. The van der Waals surface area contributed by atoms with Crippen molar-refractivity contribution in [3.63, 3.8) is 0 Å². The molecule has 110 valence electrons. The first-order valence-electron chi connectivity index (χ1n) is 7.24. The van der Waals surface area contributed by atoms with Crippen LogP contribution in [-0.4, -0.2) is 12.1 Å². The predicted octanol–water partition coefficient (Wildman–Crippen LogP) is 4.37. The van der Waals surface area contributed by atoms with Gasteiger partial charge in [-0.25, -0.2) is 0 Å². The van der Waals surface area contributed by atoms with E-state index in [1.807, 2.05) is 42.5 Å². The molecule has 3 rings (SSSR count). The van der Waals surface area contributed by atoms with Crippen molar-refractivity contribution in [3.8, 4) is 16.9 Å². The maximum absolute atomic E-state index is 5.44. The van der Waals surface area contributed by atoms with Crippen LogP contribution in [0.4, 0.5) is 5.69 Å². The molecule has 1 N–H and O–H groups in total. The van der Waals surface area contributed by atoms with Crippen molar-refractivity contribution in [1.82, 2.24) is 4.98 Å². The summed E-state index contributed by atoms with van der Waals surface area (Å²) in [6.07, 6.45) is 1.80. The van der Waals surface area contributed by atoms with E-state index in [0.29, 0.717) is 6.54 Å². The summed E-state index contributed by atoms with van der Waals surface area (Å²) in [4.78, 5) is 4.33. The number of nitrogens with one attached hydrogen (secondary N) is 1. The summed E-state index contributed by atoms with van der Waals surface area (Å²) in [6.45, 7) is 0.662. The monoisotopic (exact) mass is 290 g/mol. The Bertz CT molecular complexity index is 727. The zero-order chi connectivity index (χ0) is 15.2. The van der Waals surface area contributed by atoms with E-state index in [4.69, 9.17) is 4.74 Å². The van der Waals surface area contributed by atoms with Gasteiger partial charge in [-0.05, 0) is 35.4 Å². The van der Waals surface area contributed by atoms with Crippen molar-refractivity contribution in [2.45, 2.75) is 6.54 Å². The van der Waals surface area contributed by atoms with Crippen LogP contribution in [0.3, 0.4) is 0 Å². The first-order chi connectivity index (χ1) is 10.9. The molecular weight excluding hydrogens is 272 g/mol. The molecule has 0 atom stereocenters. The third-order valence-corrected chi connectivity index (χ3v) is 3.49. The van der Waals surface area contributed by atoms with E-state index in [0.717, 1.165) is 22.7 Å². The highest BCUT2D eigenvalue weighted by atomic mass is 16.5.